The third-order valence-corrected chi connectivity index (χ3v) is 5.10. The highest BCUT2D eigenvalue weighted by Gasteiger charge is 2.14. The Kier molecular flexibility index (Phi) is 5.61. The first-order chi connectivity index (χ1) is 10.0. The number of benzene rings is 1. The Balaban J connectivity index is 2.10. The zero-order valence-corrected chi connectivity index (χ0v) is 14.2. The quantitative estimate of drug-likeness (QED) is 0.854. The van der Waals surface area contributed by atoms with Crippen LogP contribution in [0.25, 0.3) is 10.2 Å². The summed E-state index contributed by atoms with van der Waals surface area (Å²) >= 11 is 3.37. The van der Waals surface area contributed by atoms with Crippen LogP contribution >= 0.6 is 23.1 Å². The molecular weight excluding hydrogens is 302 g/mol. The molecule has 0 saturated carbocycles. The summed E-state index contributed by atoms with van der Waals surface area (Å²) in [6, 6.07) is 5.34. The number of nitrogens with two attached hydrogens (primary N) is 1. The number of nitrogens with one attached hydrogen (secondary N) is 1. The van der Waals surface area contributed by atoms with Crippen molar-refractivity contribution in [1.82, 2.24) is 4.98 Å². The van der Waals surface area contributed by atoms with Gasteiger partial charge in [-0.15, -0.1) is 11.3 Å². The zero-order chi connectivity index (χ0) is 15.4. The average molecular weight is 323 g/mol. The van der Waals surface area contributed by atoms with Gasteiger partial charge < -0.3 is 11.1 Å². The fraction of sp³-hybridized carbons (Fsp3) is 0.467. The number of fused-ring (bicyclic) bond motifs is 1. The molecule has 6 heteroatoms. The fourth-order valence-electron chi connectivity index (χ4n) is 1.88. The first-order valence-electron chi connectivity index (χ1n) is 6.97. The maximum atomic E-state index is 12.0. The number of hydrogen-bond acceptors (Lipinski definition) is 5. The Morgan fingerprint density at radius 2 is 2.24 bits per heavy atom. The monoisotopic (exact) mass is 323 g/mol. The van der Waals surface area contributed by atoms with Gasteiger partial charge in [-0.2, -0.15) is 11.8 Å². The van der Waals surface area contributed by atoms with E-state index in [1.54, 1.807) is 23.1 Å². The Bertz CT molecular complexity index is 624. The largest absolute Gasteiger partial charge is 0.325 e. The van der Waals surface area contributed by atoms with E-state index in [9.17, 15) is 4.79 Å². The summed E-state index contributed by atoms with van der Waals surface area (Å²) in [7, 11) is 0. The van der Waals surface area contributed by atoms with Crippen LogP contribution in [-0.2, 0) is 4.79 Å². The third-order valence-electron chi connectivity index (χ3n) is 3.14. The van der Waals surface area contributed by atoms with Crippen LogP contribution in [0.1, 0.15) is 31.2 Å². The second-order valence-corrected chi connectivity index (χ2v) is 7.31. The molecule has 0 spiro atoms. The van der Waals surface area contributed by atoms with Gasteiger partial charge in [-0.1, -0.05) is 13.8 Å². The van der Waals surface area contributed by atoms with E-state index in [0.29, 0.717) is 12.3 Å². The molecule has 1 aromatic heterocycles. The summed E-state index contributed by atoms with van der Waals surface area (Å²) in [5, 5.41) is 4.00. The van der Waals surface area contributed by atoms with Gasteiger partial charge in [0.1, 0.15) is 0 Å². The Morgan fingerprint density at radius 3 is 2.90 bits per heavy atom. The van der Waals surface area contributed by atoms with Crippen molar-refractivity contribution in [3.8, 4) is 0 Å². The highest BCUT2D eigenvalue weighted by Crippen LogP contribution is 2.29. The number of thioether (sulfide) groups is 1. The molecule has 1 aromatic carbocycles. The minimum Gasteiger partial charge on any atom is -0.325 e. The maximum absolute atomic E-state index is 12.0. The van der Waals surface area contributed by atoms with Gasteiger partial charge in [0, 0.05) is 11.6 Å². The molecule has 0 bridgehead atoms. The molecule has 0 saturated heterocycles. The highest BCUT2D eigenvalue weighted by molar-refractivity contribution is 7.98. The van der Waals surface area contributed by atoms with Crippen LogP contribution in [-0.4, -0.2) is 28.9 Å². The molecule has 0 radical (unpaired) electrons. The standard InChI is InChI=1S/C15H21N3OS2/c1-9(2)15-18-12-5-4-10(8-13(12)21-15)17-14(19)11(16)6-7-20-3/h4-5,8-9,11H,6-7,16H2,1-3H3,(H,17,19)/t11-/m0/s1. The fourth-order valence-corrected chi connectivity index (χ4v) is 3.38. The summed E-state index contributed by atoms with van der Waals surface area (Å²) < 4.78 is 1.09. The predicted octanol–water partition coefficient (Wildman–Crippen LogP) is 3.44. The van der Waals surface area contributed by atoms with Crippen molar-refractivity contribution in [1.29, 1.82) is 0 Å². The lowest BCUT2D eigenvalue weighted by atomic mass is 10.2. The van der Waals surface area contributed by atoms with Gasteiger partial charge in [-0.3, -0.25) is 4.79 Å². The number of aromatic nitrogens is 1. The summed E-state index contributed by atoms with van der Waals surface area (Å²) in [5.74, 6) is 1.18. The van der Waals surface area contributed by atoms with Gasteiger partial charge in [0.2, 0.25) is 5.91 Å². The Labute approximate surface area is 133 Å². The molecule has 0 aliphatic heterocycles. The lowest BCUT2D eigenvalue weighted by molar-refractivity contribution is -0.117. The number of carbonyl (C=O) groups excluding carboxylic acids is 1. The lowest BCUT2D eigenvalue weighted by Crippen LogP contribution is -2.36. The van der Waals surface area contributed by atoms with Crippen molar-refractivity contribution in [2.45, 2.75) is 32.2 Å². The number of anilines is 1. The van der Waals surface area contributed by atoms with Crippen LogP contribution in [0.3, 0.4) is 0 Å². The molecule has 4 nitrogen and oxygen atoms in total. The molecule has 1 heterocycles. The van der Waals surface area contributed by atoms with Crippen LogP contribution in [0.4, 0.5) is 5.69 Å². The van der Waals surface area contributed by atoms with Crippen LogP contribution in [0.15, 0.2) is 18.2 Å². The first-order valence-corrected chi connectivity index (χ1v) is 9.18. The maximum Gasteiger partial charge on any atom is 0.241 e. The molecule has 3 N–H and O–H groups in total. The molecule has 0 aliphatic rings. The van der Waals surface area contributed by atoms with E-state index in [0.717, 1.165) is 26.7 Å². The number of hydrogen-bond donors (Lipinski definition) is 2. The number of nitrogens with zero attached hydrogens (tertiary/aromatic N) is 1. The number of thiazole rings is 1. The van der Waals surface area contributed by atoms with Crippen molar-refractivity contribution < 1.29 is 4.79 Å². The normalized spacial score (nSPS) is 12.8. The molecular formula is C15H21N3OS2. The van der Waals surface area contributed by atoms with Crippen LogP contribution in [0, 0.1) is 0 Å². The topological polar surface area (TPSA) is 68.0 Å². The smallest absolute Gasteiger partial charge is 0.241 e. The van der Waals surface area contributed by atoms with E-state index in [1.165, 1.54) is 0 Å². The van der Waals surface area contributed by atoms with Gasteiger partial charge in [-0.05, 0) is 36.6 Å². The van der Waals surface area contributed by atoms with E-state index in [-0.39, 0.29) is 5.91 Å². The van der Waals surface area contributed by atoms with Crippen molar-refractivity contribution in [2.75, 3.05) is 17.3 Å². The molecule has 0 aliphatic carbocycles. The minimum absolute atomic E-state index is 0.128. The molecule has 21 heavy (non-hydrogen) atoms. The molecule has 2 rings (SSSR count). The van der Waals surface area contributed by atoms with Gasteiger partial charge in [-0.25, -0.2) is 4.98 Å². The molecule has 0 fully saturated rings. The van der Waals surface area contributed by atoms with E-state index in [4.69, 9.17) is 5.73 Å². The Morgan fingerprint density at radius 1 is 1.48 bits per heavy atom. The second kappa shape index (κ2) is 7.24. The molecule has 1 amide bonds. The summed E-state index contributed by atoms with van der Waals surface area (Å²) in [6.45, 7) is 4.26. The SMILES string of the molecule is CSCC[C@H](N)C(=O)Nc1ccc2nc(C(C)C)sc2c1. The molecule has 114 valence electrons. The van der Waals surface area contributed by atoms with Crippen LogP contribution in [0.5, 0.6) is 0 Å². The number of amides is 1. The molecule has 2 aromatic rings. The van der Waals surface area contributed by atoms with E-state index in [2.05, 4.69) is 24.1 Å². The summed E-state index contributed by atoms with van der Waals surface area (Å²) in [6.07, 6.45) is 2.70. The van der Waals surface area contributed by atoms with E-state index >= 15 is 0 Å². The van der Waals surface area contributed by atoms with E-state index < -0.39 is 6.04 Å². The number of rotatable bonds is 6. The van der Waals surface area contributed by atoms with Gasteiger partial charge in [0.05, 0.1) is 21.3 Å². The van der Waals surface area contributed by atoms with Gasteiger partial charge in [0.25, 0.3) is 0 Å². The number of carbonyl (C=O) groups is 1. The van der Waals surface area contributed by atoms with E-state index in [1.807, 2.05) is 24.5 Å². The minimum atomic E-state index is -0.458. The van der Waals surface area contributed by atoms with Crippen molar-refractivity contribution in [3.63, 3.8) is 0 Å². The van der Waals surface area contributed by atoms with Crippen LogP contribution in [0.2, 0.25) is 0 Å². The first kappa shape index (κ1) is 16.3. The third kappa shape index (κ3) is 4.18. The lowest BCUT2D eigenvalue weighted by Gasteiger charge is -2.11. The predicted molar refractivity (Wildman–Crippen MR) is 93.3 cm³/mol. The second-order valence-electron chi connectivity index (χ2n) is 5.27. The van der Waals surface area contributed by atoms with Gasteiger partial charge in [0.15, 0.2) is 0 Å². The molecule has 0 unspecified atom stereocenters. The van der Waals surface area contributed by atoms with Gasteiger partial charge >= 0.3 is 0 Å². The zero-order valence-electron chi connectivity index (χ0n) is 12.6. The van der Waals surface area contributed by atoms with Crippen molar-refractivity contribution in [2.24, 2.45) is 5.73 Å². The van der Waals surface area contributed by atoms with Crippen molar-refractivity contribution in [3.05, 3.63) is 23.2 Å². The summed E-state index contributed by atoms with van der Waals surface area (Å²) in [5.41, 5.74) is 7.64. The van der Waals surface area contributed by atoms with Crippen LogP contribution < -0.4 is 11.1 Å². The summed E-state index contributed by atoms with van der Waals surface area (Å²) in [4.78, 5) is 16.6. The Hall–Kier alpha value is -1.11. The average Bonchev–Trinajstić information content (AvgIpc) is 2.88. The highest BCUT2D eigenvalue weighted by atomic mass is 32.2. The van der Waals surface area contributed by atoms with Crippen molar-refractivity contribution >= 4 is 44.9 Å². The molecule has 1 atom stereocenters.